The molecule has 2 aromatic heterocycles. The van der Waals surface area contributed by atoms with E-state index in [0.717, 1.165) is 16.9 Å². The zero-order chi connectivity index (χ0) is 20.9. The van der Waals surface area contributed by atoms with Gasteiger partial charge in [-0.2, -0.15) is 0 Å². The molecule has 0 radical (unpaired) electrons. The van der Waals surface area contributed by atoms with Gasteiger partial charge in [-0.15, -0.1) is 11.3 Å². The van der Waals surface area contributed by atoms with Crippen LogP contribution >= 0.6 is 11.3 Å². The molecule has 2 heterocycles. The van der Waals surface area contributed by atoms with Crippen LogP contribution in [0.15, 0.2) is 77.2 Å². The Labute approximate surface area is 179 Å². The van der Waals surface area contributed by atoms with Crippen molar-refractivity contribution in [1.29, 1.82) is 0 Å². The normalized spacial score (nSPS) is 12.0. The molecule has 0 saturated carbocycles. The minimum Gasteiger partial charge on any atom is -0.344 e. The first-order valence-electron chi connectivity index (χ1n) is 10.0. The highest BCUT2D eigenvalue weighted by Crippen LogP contribution is 2.26. The van der Waals surface area contributed by atoms with Gasteiger partial charge in [0.15, 0.2) is 0 Å². The standard InChI is InChI=1S/C24H23N3O2S/c1-2-17-9-11-18(12-10-17)23(21-8-5-15-30-21)26-22(28)13-14-27-16-25-20-7-4-3-6-19(20)24(27)29/h3-12,15-16,23H,2,13-14H2,1H3,(H,26,28). The molecular weight excluding hydrogens is 394 g/mol. The van der Waals surface area contributed by atoms with Gasteiger partial charge in [-0.05, 0) is 41.1 Å². The highest BCUT2D eigenvalue weighted by atomic mass is 32.1. The molecule has 0 aliphatic carbocycles. The number of para-hydroxylation sites is 1. The monoisotopic (exact) mass is 417 g/mol. The summed E-state index contributed by atoms with van der Waals surface area (Å²) in [6.07, 6.45) is 2.69. The van der Waals surface area contributed by atoms with E-state index in [0.29, 0.717) is 10.9 Å². The van der Waals surface area contributed by atoms with E-state index in [-0.39, 0.29) is 30.5 Å². The lowest BCUT2D eigenvalue weighted by Crippen LogP contribution is -2.31. The van der Waals surface area contributed by atoms with Gasteiger partial charge < -0.3 is 5.32 Å². The van der Waals surface area contributed by atoms with Gasteiger partial charge in [-0.25, -0.2) is 4.98 Å². The molecule has 1 N–H and O–H groups in total. The highest BCUT2D eigenvalue weighted by molar-refractivity contribution is 7.10. The molecule has 1 atom stereocenters. The van der Waals surface area contributed by atoms with Crippen LogP contribution in [0.25, 0.3) is 10.9 Å². The van der Waals surface area contributed by atoms with Crippen molar-refractivity contribution in [3.05, 3.63) is 98.7 Å². The third kappa shape index (κ3) is 4.33. The predicted molar refractivity (Wildman–Crippen MR) is 121 cm³/mol. The number of hydrogen-bond acceptors (Lipinski definition) is 4. The van der Waals surface area contributed by atoms with Gasteiger partial charge in [0.25, 0.3) is 5.56 Å². The Morgan fingerprint density at radius 1 is 1.10 bits per heavy atom. The van der Waals surface area contributed by atoms with Crippen molar-refractivity contribution < 1.29 is 4.79 Å². The SMILES string of the molecule is CCc1ccc(C(NC(=O)CCn2cnc3ccccc3c2=O)c2cccs2)cc1. The molecule has 6 heteroatoms. The maximum atomic E-state index is 12.8. The largest absolute Gasteiger partial charge is 0.344 e. The van der Waals surface area contributed by atoms with Crippen molar-refractivity contribution in [2.24, 2.45) is 0 Å². The Hall–Kier alpha value is -3.25. The van der Waals surface area contributed by atoms with Crippen LogP contribution in [0.4, 0.5) is 0 Å². The fourth-order valence-electron chi connectivity index (χ4n) is 3.44. The molecule has 4 rings (SSSR count). The van der Waals surface area contributed by atoms with Crippen LogP contribution in [0.1, 0.15) is 35.4 Å². The molecule has 0 saturated heterocycles. The van der Waals surface area contributed by atoms with E-state index in [1.807, 2.05) is 35.7 Å². The summed E-state index contributed by atoms with van der Waals surface area (Å²) in [7, 11) is 0. The number of nitrogens with zero attached hydrogens (tertiary/aromatic N) is 2. The van der Waals surface area contributed by atoms with Crippen LogP contribution in [0.2, 0.25) is 0 Å². The lowest BCUT2D eigenvalue weighted by atomic mass is 10.0. The van der Waals surface area contributed by atoms with Crippen LogP contribution in [-0.2, 0) is 17.8 Å². The Morgan fingerprint density at radius 2 is 1.90 bits per heavy atom. The van der Waals surface area contributed by atoms with Crippen LogP contribution in [0.3, 0.4) is 0 Å². The lowest BCUT2D eigenvalue weighted by molar-refractivity contribution is -0.121. The summed E-state index contributed by atoms with van der Waals surface area (Å²) in [5.41, 5.74) is 2.85. The van der Waals surface area contributed by atoms with Gasteiger partial charge in [-0.1, -0.05) is 49.4 Å². The van der Waals surface area contributed by atoms with E-state index in [1.165, 1.54) is 16.5 Å². The summed E-state index contributed by atoms with van der Waals surface area (Å²) >= 11 is 1.62. The molecule has 0 aliphatic heterocycles. The number of nitrogens with one attached hydrogen (secondary N) is 1. The molecule has 30 heavy (non-hydrogen) atoms. The fourth-order valence-corrected chi connectivity index (χ4v) is 4.24. The average Bonchev–Trinajstić information content (AvgIpc) is 3.32. The number of benzene rings is 2. The number of aromatic nitrogens is 2. The highest BCUT2D eigenvalue weighted by Gasteiger charge is 2.18. The second-order valence-corrected chi connectivity index (χ2v) is 8.10. The number of fused-ring (bicyclic) bond motifs is 1. The number of thiophene rings is 1. The van der Waals surface area contributed by atoms with Crippen molar-refractivity contribution in [2.45, 2.75) is 32.4 Å². The predicted octanol–water partition coefficient (Wildman–Crippen LogP) is 4.32. The van der Waals surface area contributed by atoms with Crippen molar-refractivity contribution in [3.8, 4) is 0 Å². The molecule has 1 unspecified atom stereocenters. The maximum Gasteiger partial charge on any atom is 0.261 e. The molecule has 2 aromatic carbocycles. The first kappa shape index (κ1) is 20.0. The van der Waals surface area contributed by atoms with Gasteiger partial charge in [0.1, 0.15) is 0 Å². The summed E-state index contributed by atoms with van der Waals surface area (Å²) in [5.74, 6) is -0.104. The van der Waals surface area contributed by atoms with E-state index in [2.05, 4.69) is 41.5 Å². The Morgan fingerprint density at radius 3 is 2.63 bits per heavy atom. The van der Waals surface area contributed by atoms with Crippen molar-refractivity contribution >= 4 is 28.1 Å². The average molecular weight is 418 g/mol. The smallest absolute Gasteiger partial charge is 0.261 e. The number of carbonyl (C=O) groups is 1. The molecule has 0 fully saturated rings. The summed E-state index contributed by atoms with van der Waals surface area (Å²) in [6.45, 7) is 2.41. The van der Waals surface area contributed by atoms with E-state index in [1.54, 1.807) is 17.4 Å². The second-order valence-electron chi connectivity index (χ2n) is 7.12. The minimum atomic E-state index is -0.199. The van der Waals surface area contributed by atoms with Crippen molar-refractivity contribution in [1.82, 2.24) is 14.9 Å². The van der Waals surface area contributed by atoms with Crippen molar-refractivity contribution in [3.63, 3.8) is 0 Å². The first-order valence-corrected chi connectivity index (χ1v) is 10.9. The Balaban J connectivity index is 1.49. The first-order chi connectivity index (χ1) is 14.7. The molecule has 0 spiro atoms. The molecule has 5 nitrogen and oxygen atoms in total. The molecule has 152 valence electrons. The number of carbonyl (C=O) groups excluding carboxylic acids is 1. The van der Waals surface area contributed by atoms with E-state index < -0.39 is 0 Å². The Bertz CT molecular complexity index is 1200. The van der Waals surface area contributed by atoms with E-state index in [4.69, 9.17) is 0 Å². The third-order valence-corrected chi connectivity index (χ3v) is 6.10. The van der Waals surface area contributed by atoms with Crippen LogP contribution in [-0.4, -0.2) is 15.5 Å². The van der Waals surface area contributed by atoms with E-state index in [9.17, 15) is 9.59 Å². The van der Waals surface area contributed by atoms with Crippen LogP contribution in [0.5, 0.6) is 0 Å². The molecule has 0 aliphatic rings. The third-order valence-electron chi connectivity index (χ3n) is 5.17. The molecule has 1 amide bonds. The summed E-state index contributed by atoms with van der Waals surface area (Å²) in [6, 6.07) is 19.4. The van der Waals surface area contributed by atoms with Gasteiger partial charge in [0.05, 0.1) is 23.3 Å². The minimum absolute atomic E-state index is 0.104. The quantitative estimate of drug-likeness (QED) is 0.487. The number of aryl methyl sites for hydroxylation is 2. The summed E-state index contributed by atoms with van der Waals surface area (Å²) in [5, 5.41) is 5.71. The van der Waals surface area contributed by atoms with E-state index >= 15 is 0 Å². The zero-order valence-electron chi connectivity index (χ0n) is 16.7. The number of amides is 1. The summed E-state index contributed by atoms with van der Waals surface area (Å²) in [4.78, 5) is 30.8. The number of rotatable bonds is 7. The van der Waals surface area contributed by atoms with Crippen molar-refractivity contribution in [2.75, 3.05) is 0 Å². The topological polar surface area (TPSA) is 64.0 Å². The van der Waals surface area contributed by atoms with Gasteiger partial charge in [0.2, 0.25) is 5.91 Å². The zero-order valence-corrected chi connectivity index (χ0v) is 17.6. The molecule has 4 aromatic rings. The van der Waals surface area contributed by atoms with Crippen LogP contribution in [0, 0.1) is 0 Å². The van der Waals surface area contributed by atoms with Crippen LogP contribution < -0.4 is 10.9 Å². The van der Waals surface area contributed by atoms with Gasteiger partial charge >= 0.3 is 0 Å². The summed E-state index contributed by atoms with van der Waals surface area (Å²) < 4.78 is 1.50. The molecule has 0 bridgehead atoms. The number of hydrogen-bond donors (Lipinski definition) is 1. The molecular formula is C24H23N3O2S. The van der Waals surface area contributed by atoms with Gasteiger partial charge in [-0.3, -0.25) is 14.2 Å². The fraction of sp³-hybridized carbons (Fsp3) is 0.208. The maximum absolute atomic E-state index is 12.8. The Kier molecular flexibility index (Phi) is 6.05. The second kappa shape index (κ2) is 9.05. The van der Waals surface area contributed by atoms with Gasteiger partial charge in [0, 0.05) is 17.8 Å². The lowest BCUT2D eigenvalue weighted by Gasteiger charge is -2.19.